The fourth-order valence-electron chi connectivity index (χ4n) is 3.96. The molecule has 3 aromatic carbocycles. The number of ether oxygens (including phenoxy) is 2. The molecule has 0 fully saturated rings. The number of anilines is 1. The third-order valence-electron chi connectivity index (χ3n) is 5.81. The molecule has 3 aromatic rings. The number of amides is 1. The summed E-state index contributed by atoms with van der Waals surface area (Å²) in [5.41, 5.74) is 2.62. The highest BCUT2D eigenvalue weighted by molar-refractivity contribution is 7.99. The lowest BCUT2D eigenvalue weighted by Gasteiger charge is -2.28. The predicted molar refractivity (Wildman–Crippen MR) is 140 cm³/mol. The van der Waals surface area contributed by atoms with Gasteiger partial charge in [-0.2, -0.15) is 0 Å². The predicted octanol–water partition coefficient (Wildman–Crippen LogP) is 4.64. The Morgan fingerprint density at radius 2 is 1.72 bits per heavy atom. The first-order valence-electron chi connectivity index (χ1n) is 11.7. The molecule has 0 unspecified atom stereocenters. The van der Waals surface area contributed by atoms with Crippen LogP contribution in [0, 0.1) is 0 Å². The van der Waals surface area contributed by atoms with E-state index in [1.807, 2.05) is 67.5 Å². The van der Waals surface area contributed by atoms with Crippen molar-refractivity contribution in [1.82, 2.24) is 4.90 Å². The molecular formula is C28H30N2O5S. The van der Waals surface area contributed by atoms with Crippen LogP contribution < -0.4 is 9.64 Å². The average Bonchev–Trinajstić information content (AvgIpc) is 2.97. The maximum Gasteiger partial charge on any atom is 0.303 e. The normalized spacial score (nSPS) is 17.4. The summed E-state index contributed by atoms with van der Waals surface area (Å²) in [7, 11) is 3.92. The van der Waals surface area contributed by atoms with E-state index in [-0.39, 0.29) is 11.7 Å². The number of thioether (sulfide) groups is 1. The van der Waals surface area contributed by atoms with Gasteiger partial charge in [0.1, 0.15) is 18.1 Å². The number of carbonyl (C=O) groups is 2. The number of phenols is 1. The van der Waals surface area contributed by atoms with Crippen LogP contribution in [-0.2, 0) is 20.9 Å². The van der Waals surface area contributed by atoms with E-state index in [0.717, 1.165) is 21.7 Å². The minimum absolute atomic E-state index is 0.211. The number of carbonyl (C=O) groups excluding carboxylic acids is 2. The second-order valence-corrected chi connectivity index (χ2v) is 10.0. The third kappa shape index (κ3) is 6.19. The number of esters is 1. The van der Waals surface area contributed by atoms with E-state index in [1.165, 1.54) is 18.7 Å². The molecular weight excluding hydrogens is 476 g/mol. The van der Waals surface area contributed by atoms with Crippen molar-refractivity contribution in [2.75, 3.05) is 32.1 Å². The molecule has 0 bridgehead atoms. The van der Waals surface area contributed by atoms with Crippen molar-refractivity contribution in [3.63, 3.8) is 0 Å². The van der Waals surface area contributed by atoms with Gasteiger partial charge in [0.05, 0.1) is 10.9 Å². The summed E-state index contributed by atoms with van der Waals surface area (Å²) in [6.45, 7) is 2.85. The van der Waals surface area contributed by atoms with Crippen LogP contribution in [-0.4, -0.2) is 55.2 Å². The molecule has 1 N–H and O–H groups in total. The highest BCUT2D eigenvalue weighted by Crippen LogP contribution is 2.46. The van der Waals surface area contributed by atoms with Gasteiger partial charge in [-0.25, -0.2) is 0 Å². The Morgan fingerprint density at radius 1 is 1.03 bits per heavy atom. The monoisotopic (exact) mass is 506 g/mol. The van der Waals surface area contributed by atoms with E-state index in [0.29, 0.717) is 25.4 Å². The minimum atomic E-state index is -0.967. The Morgan fingerprint density at radius 3 is 2.39 bits per heavy atom. The van der Waals surface area contributed by atoms with Crippen molar-refractivity contribution in [3.05, 3.63) is 83.9 Å². The number of phenolic OH excluding ortho intramolecular Hbond substituents is 1. The summed E-state index contributed by atoms with van der Waals surface area (Å²) in [5.74, 6) is 0.157. The molecule has 0 saturated carbocycles. The van der Waals surface area contributed by atoms with Crippen molar-refractivity contribution in [2.24, 2.45) is 0 Å². The Kier molecular flexibility index (Phi) is 8.18. The molecule has 0 radical (unpaired) electrons. The molecule has 0 saturated heterocycles. The number of rotatable bonds is 8. The van der Waals surface area contributed by atoms with Gasteiger partial charge < -0.3 is 24.4 Å². The molecule has 7 nitrogen and oxygen atoms in total. The Hall–Kier alpha value is -3.49. The van der Waals surface area contributed by atoms with E-state index in [9.17, 15) is 14.7 Å². The summed E-state index contributed by atoms with van der Waals surface area (Å²) in [6, 6.07) is 22.2. The zero-order chi connectivity index (χ0) is 25.7. The standard InChI is InChI=1S/C28H30N2O5S/c1-19(31)35-26-27(21-10-14-23(15-11-21)34-18-20-8-12-22(32)13-9-20)36-25-7-5-4-6-24(25)30(28(26)33)17-16-29(2)3/h4-15,26-27,32H,16-18H2,1-3H3/t26-,27+/m1/s1. The number of likely N-dealkylation sites (N-methyl/N-ethyl adjacent to an activating group) is 1. The molecule has 2 atom stereocenters. The van der Waals surface area contributed by atoms with E-state index in [2.05, 4.69) is 0 Å². The Balaban J connectivity index is 1.60. The lowest BCUT2D eigenvalue weighted by molar-refractivity contribution is -0.152. The van der Waals surface area contributed by atoms with Gasteiger partial charge in [0.15, 0.2) is 6.10 Å². The van der Waals surface area contributed by atoms with Crippen LogP contribution in [0.5, 0.6) is 11.5 Å². The molecule has 4 rings (SSSR count). The Labute approximate surface area is 215 Å². The molecule has 1 heterocycles. The van der Waals surface area contributed by atoms with Gasteiger partial charge in [-0.1, -0.05) is 36.4 Å². The number of hydrogen-bond acceptors (Lipinski definition) is 7. The second-order valence-electron chi connectivity index (χ2n) is 8.85. The summed E-state index contributed by atoms with van der Waals surface area (Å²) >= 11 is 1.52. The lowest BCUT2D eigenvalue weighted by atomic mass is 10.1. The van der Waals surface area contributed by atoms with Crippen LogP contribution in [0.3, 0.4) is 0 Å². The second kappa shape index (κ2) is 11.5. The average molecular weight is 507 g/mol. The molecule has 8 heteroatoms. The van der Waals surface area contributed by atoms with E-state index < -0.39 is 17.3 Å². The molecule has 0 aromatic heterocycles. The first-order chi connectivity index (χ1) is 17.3. The van der Waals surface area contributed by atoms with Gasteiger partial charge in [0.25, 0.3) is 5.91 Å². The largest absolute Gasteiger partial charge is 0.508 e. The van der Waals surface area contributed by atoms with E-state index in [4.69, 9.17) is 9.47 Å². The number of para-hydroxylation sites is 1. The van der Waals surface area contributed by atoms with E-state index in [1.54, 1.807) is 29.2 Å². The Bertz CT molecular complexity index is 1200. The highest BCUT2D eigenvalue weighted by Gasteiger charge is 2.40. The SMILES string of the molecule is CC(=O)O[C@H]1C(=O)N(CCN(C)C)c2ccccc2S[C@H]1c1ccc(OCc2ccc(O)cc2)cc1. The number of nitrogens with zero attached hydrogens (tertiary/aromatic N) is 2. The molecule has 0 spiro atoms. The first kappa shape index (κ1) is 25.6. The number of aromatic hydroxyl groups is 1. The van der Waals surface area contributed by atoms with Crippen molar-refractivity contribution < 1.29 is 24.2 Å². The van der Waals surface area contributed by atoms with E-state index >= 15 is 0 Å². The smallest absolute Gasteiger partial charge is 0.303 e. The zero-order valence-corrected chi connectivity index (χ0v) is 21.4. The minimum Gasteiger partial charge on any atom is -0.508 e. The zero-order valence-electron chi connectivity index (χ0n) is 20.6. The van der Waals surface area contributed by atoms with Gasteiger partial charge in [-0.15, -0.1) is 11.8 Å². The topological polar surface area (TPSA) is 79.3 Å². The summed E-state index contributed by atoms with van der Waals surface area (Å²) < 4.78 is 11.5. The number of benzene rings is 3. The van der Waals surface area contributed by atoms with Crippen LogP contribution in [0.25, 0.3) is 0 Å². The lowest BCUT2D eigenvalue weighted by Crippen LogP contribution is -2.45. The van der Waals surface area contributed by atoms with Crippen molar-refractivity contribution >= 4 is 29.3 Å². The van der Waals surface area contributed by atoms with Gasteiger partial charge in [-0.3, -0.25) is 9.59 Å². The summed E-state index contributed by atoms with van der Waals surface area (Å²) in [6.07, 6.45) is -0.967. The third-order valence-corrected chi connectivity index (χ3v) is 7.18. The van der Waals surface area contributed by atoms with Crippen LogP contribution >= 0.6 is 11.8 Å². The molecule has 0 aliphatic carbocycles. The van der Waals surface area contributed by atoms with Crippen LogP contribution in [0.2, 0.25) is 0 Å². The van der Waals surface area contributed by atoms with Gasteiger partial charge in [-0.05, 0) is 61.6 Å². The fourth-order valence-corrected chi connectivity index (χ4v) is 5.28. The molecule has 36 heavy (non-hydrogen) atoms. The van der Waals surface area contributed by atoms with Crippen molar-refractivity contribution in [3.8, 4) is 11.5 Å². The maximum atomic E-state index is 13.8. The molecule has 1 aliphatic heterocycles. The summed E-state index contributed by atoms with van der Waals surface area (Å²) in [5, 5.41) is 9.02. The highest BCUT2D eigenvalue weighted by atomic mass is 32.2. The molecule has 1 aliphatic rings. The van der Waals surface area contributed by atoms with Gasteiger partial charge >= 0.3 is 5.97 Å². The quantitative estimate of drug-likeness (QED) is 0.446. The van der Waals surface area contributed by atoms with Crippen LogP contribution in [0.1, 0.15) is 23.3 Å². The summed E-state index contributed by atoms with van der Waals surface area (Å²) in [4.78, 5) is 30.5. The van der Waals surface area contributed by atoms with Crippen LogP contribution in [0.15, 0.2) is 77.7 Å². The van der Waals surface area contributed by atoms with Gasteiger partial charge in [0.2, 0.25) is 0 Å². The number of fused-ring (bicyclic) bond motifs is 1. The number of hydrogen-bond donors (Lipinski definition) is 1. The molecule has 1 amide bonds. The van der Waals surface area contributed by atoms with Crippen molar-refractivity contribution in [2.45, 2.75) is 29.8 Å². The first-order valence-corrected chi connectivity index (χ1v) is 12.6. The molecule has 188 valence electrons. The maximum absolute atomic E-state index is 13.8. The van der Waals surface area contributed by atoms with Gasteiger partial charge in [0, 0.05) is 24.9 Å². The van der Waals surface area contributed by atoms with Crippen molar-refractivity contribution in [1.29, 1.82) is 0 Å². The fraction of sp³-hybridized carbons (Fsp3) is 0.286. The van der Waals surface area contributed by atoms with Crippen LogP contribution in [0.4, 0.5) is 5.69 Å².